The minimum absolute atomic E-state index is 0.00154. The Morgan fingerprint density at radius 1 is 1.05 bits per heavy atom. The van der Waals surface area contributed by atoms with Crippen LogP contribution in [0.15, 0.2) is 61.2 Å². The Morgan fingerprint density at radius 2 is 1.86 bits per heavy atom. The molecule has 15 heteroatoms. The minimum Gasteiger partial charge on any atom is -0.368 e. The molecular weight excluding hydrogens is 724 g/mol. The number of imide groups is 1. The van der Waals surface area contributed by atoms with E-state index in [1.807, 2.05) is 24.4 Å². The third kappa shape index (κ3) is 7.72. The monoisotopic (exact) mass is 768 g/mol. The molecule has 0 bridgehead atoms. The second-order valence-electron chi connectivity index (χ2n) is 15.9. The van der Waals surface area contributed by atoms with Crippen molar-refractivity contribution in [1.29, 1.82) is 10.5 Å². The quantitative estimate of drug-likeness (QED) is 0.159. The van der Waals surface area contributed by atoms with Crippen LogP contribution in [0, 0.1) is 34.5 Å². The van der Waals surface area contributed by atoms with E-state index < -0.39 is 23.5 Å². The van der Waals surface area contributed by atoms with Crippen molar-refractivity contribution in [2.45, 2.75) is 88.8 Å². The highest BCUT2D eigenvalue weighted by molar-refractivity contribution is 6.02. The number of benzene rings is 1. The topological polar surface area (TPSA) is 183 Å². The molecule has 0 spiro atoms. The fourth-order valence-electron chi connectivity index (χ4n) is 8.85. The lowest BCUT2D eigenvalue weighted by Crippen LogP contribution is -2.49. The van der Waals surface area contributed by atoms with Crippen LogP contribution in [-0.2, 0) is 15.3 Å². The van der Waals surface area contributed by atoms with Crippen molar-refractivity contribution in [2.75, 3.05) is 25.0 Å². The van der Waals surface area contributed by atoms with Gasteiger partial charge in [-0.3, -0.25) is 14.9 Å². The largest absolute Gasteiger partial charge is 0.368 e. The number of alkyl halides is 1. The zero-order valence-corrected chi connectivity index (χ0v) is 32.1. The number of piperidine rings is 2. The third-order valence-corrected chi connectivity index (χ3v) is 12.2. The molecule has 2 unspecified atom stereocenters. The summed E-state index contributed by atoms with van der Waals surface area (Å²) in [6.07, 6.45) is 13.3. The number of hydrogen-bond donors (Lipinski definition) is 2. The Hall–Kier alpha value is -6.06. The maximum atomic E-state index is 15.5. The van der Waals surface area contributed by atoms with Gasteiger partial charge in [0.25, 0.3) is 5.91 Å². The number of carbonyl (C=O) groups excluding carboxylic acids is 2. The highest BCUT2D eigenvalue weighted by Gasteiger charge is 2.45. The van der Waals surface area contributed by atoms with Crippen LogP contribution >= 0.6 is 0 Å². The van der Waals surface area contributed by atoms with Gasteiger partial charge in [0.1, 0.15) is 17.8 Å². The van der Waals surface area contributed by atoms with Crippen LogP contribution in [-0.4, -0.2) is 77.1 Å². The number of fused-ring (bicyclic) bond motifs is 1. The first kappa shape index (κ1) is 37.8. The number of nitrogens with zero attached hydrogens (tertiary/aromatic N) is 10. The van der Waals surface area contributed by atoms with E-state index in [-0.39, 0.29) is 12.8 Å². The Balaban J connectivity index is 0.849. The van der Waals surface area contributed by atoms with Gasteiger partial charge in [-0.15, -0.1) is 5.10 Å². The summed E-state index contributed by atoms with van der Waals surface area (Å²) >= 11 is 0. The summed E-state index contributed by atoms with van der Waals surface area (Å²) in [5, 5.41) is 38.5. The van der Waals surface area contributed by atoms with Gasteiger partial charge in [0.2, 0.25) is 11.6 Å². The molecule has 2 saturated heterocycles. The molecular formula is C42H45FN12O2. The summed E-state index contributed by atoms with van der Waals surface area (Å²) in [5.74, 6) is 1.03. The molecule has 1 saturated carbocycles. The summed E-state index contributed by atoms with van der Waals surface area (Å²) in [6, 6.07) is 14.8. The number of aromatic nitrogens is 7. The first-order valence-electron chi connectivity index (χ1n) is 19.8. The van der Waals surface area contributed by atoms with E-state index in [0.29, 0.717) is 57.6 Å². The number of nitriles is 2. The number of rotatable bonds is 10. The van der Waals surface area contributed by atoms with Crippen molar-refractivity contribution >= 4 is 28.5 Å². The molecule has 1 aliphatic carbocycles. The highest BCUT2D eigenvalue weighted by atomic mass is 19.1. The SMILES string of the molecule is CC1CN(CCC2CCC(c3cn(-c4cnc(-n5ncc6cc(C#N)cnc65)cc4N[C@H](C)C#N)nn3)CC2)CCC1c1ccc([C@@]2(F)CCC(=O)NC2=O)cc1. The Morgan fingerprint density at radius 3 is 2.60 bits per heavy atom. The molecule has 2 N–H and O–H groups in total. The van der Waals surface area contributed by atoms with Gasteiger partial charge in [0, 0.05) is 43.0 Å². The Kier molecular flexibility index (Phi) is 10.5. The summed E-state index contributed by atoms with van der Waals surface area (Å²) in [5.41, 5.74) is 2.62. The fraction of sp³-hybridized carbons (Fsp3) is 0.452. The van der Waals surface area contributed by atoms with Crippen molar-refractivity contribution in [3.8, 4) is 23.6 Å². The fourth-order valence-corrected chi connectivity index (χ4v) is 8.85. The first-order valence-corrected chi connectivity index (χ1v) is 19.8. The van der Waals surface area contributed by atoms with Crippen molar-refractivity contribution in [3.63, 3.8) is 0 Å². The zero-order valence-electron chi connectivity index (χ0n) is 32.1. The molecule has 14 nitrogen and oxygen atoms in total. The van der Waals surface area contributed by atoms with Crippen LogP contribution in [0.4, 0.5) is 10.1 Å². The number of halogens is 1. The highest BCUT2D eigenvalue weighted by Crippen LogP contribution is 2.39. The average molecular weight is 769 g/mol. The number of nitrogens with one attached hydrogen (secondary N) is 2. The van der Waals surface area contributed by atoms with E-state index in [2.05, 4.69) is 60.0 Å². The van der Waals surface area contributed by atoms with Gasteiger partial charge in [-0.25, -0.2) is 19.0 Å². The van der Waals surface area contributed by atoms with Crippen LogP contribution < -0.4 is 10.6 Å². The van der Waals surface area contributed by atoms with Gasteiger partial charge in [-0.2, -0.15) is 20.3 Å². The molecule has 292 valence electrons. The van der Waals surface area contributed by atoms with E-state index in [1.54, 1.807) is 46.9 Å². The van der Waals surface area contributed by atoms with Crippen molar-refractivity contribution < 1.29 is 14.0 Å². The van der Waals surface area contributed by atoms with E-state index in [0.717, 1.165) is 62.8 Å². The summed E-state index contributed by atoms with van der Waals surface area (Å²) in [7, 11) is 0. The number of hydrogen-bond acceptors (Lipinski definition) is 11. The van der Waals surface area contributed by atoms with Crippen LogP contribution in [0.3, 0.4) is 0 Å². The van der Waals surface area contributed by atoms with Gasteiger partial charge in [-0.05, 0) is 93.5 Å². The van der Waals surface area contributed by atoms with Crippen LogP contribution in [0.1, 0.15) is 99.4 Å². The molecule has 1 aromatic carbocycles. The first-order chi connectivity index (χ1) is 27.6. The third-order valence-electron chi connectivity index (χ3n) is 12.2. The van der Waals surface area contributed by atoms with Crippen LogP contribution in [0.2, 0.25) is 0 Å². The standard InChI is InChI=1S/C42H45FN12O2/c1-26-24-53(16-13-34(26)30-7-9-33(10-8-30)42(43)14-11-39(56)50-41(42)57)15-12-28-3-5-31(6-4-28)36-25-54(52-51-36)37-23-46-38(18-35(37)49-27(2)19-44)55-40-32(22-48-55)17-29(20-45)21-47-40/h7-10,17-18,21-23,25-28,31,34H,3-6,11-16,24H2,1-2H3,(H,46,49)(H,50,56,57)/t26?,27-,28?,31?,34?,42+/m1/s1. The molecule has 2 amide bonds. The molecule has 3 aliphatic rings. The van der Waals surface area contributed by atoms with Crippen molar-refractivity contribution in [1.82, 2.24) is 45.0 Å². The lowest BCUT2D eigenvalue weighted by molar-refractivity contribution is -0.144. The minimum atomic E-state index is -2.16. The van der Waals surface area contributed by atoms with Crippen LogP contribution in [0.25, 0.3) is 22.5 Å². The van der Waals surface area contributed by atoms with Gasteiger partial charge >= 0.3 is 0 Å². The predicted octanol–water partition coefficient (Wildman–Crippen LogP) is 5.98. The molecule has 6 heterocycles. The van der Waals surface area contributed by atoms with Gasteiger partial charge in [-0.1, -0.05) is 36.4 Å². The number of likely N-dealkylation sites (tertiary alicyclic amines) is 1. The number of amides is 2. The van der Waals surface area contributed by atoms with Crippen molar-refractivity contribution in [2.24, 2.45) is 11.8 Å². The van der Waals surface area contributed by atoms with Crippen LogP contribution in [0.5, 0.6) is 0 Å². The second-order valence-corrected chi connectivity index (χ2v) is 15.9. The molecule has 0 radical (unpaired) electrons. The van der Waals surface area contributed by atoms with E-state index in [1.165, 1.54) is 18.2 Å². The summed E-state index contributed by atoms with van der Waals surface area (Å²) in [4.78, 5) is 35.5. The number of carbonyl (C=O) groups is 2. The zero-order chi connectivity index (χ0) is 39.7. The number of anilines is 1. The maximum Gasteiger partial charge on any atom is 0.268 e. The van der Waals surface area contributed by atoms with E-state index >= 15 is 4.39 Å². The maximum absolute atomic E-state index is 15.5. The summed E-state index contributed by atoms with van der Waals surface area (Å²) in [6.45, 7) is 7.18. The molecule has 4 aromatic heterocycles. The summed E-state index contributed by atoms with van der Waals surface area (Å²) < 4.78 is 18.9. The van der Waals surface area contributed by atoms with E-state index in [4.69, 9.17) is 0 Å². The van der Waals surface area contributed by atoms with Gasteiger partial charge in [0.15, 0.2) is 11.5 Å². The molecule has 5 aromatic rings. The Bertz CT molecular complexity index is 2370. The molecule has 3 fully saturated rings. The average Bonchev–Trinajstić information content (AvgIpc) is 3.90. The van der Waals surface area contributed by atoms with E-state index in [9.17, 15) is 20.1 Å². The Labute approximate surface area is 330 Å². The molecule has 4 atom stereocenters. The predicted molar refractivity (Wildman–Crippen MR) is 209 cm³/mol. The molecule has 57 heavy (non-hydrogen) atoms. The number of pyridine rings is 2. The molecule has 8 rings (SSSR count). The lowest BCUT2D eigenvalue weighted by atomic mass is 9.78. The lowest BCUT2D eigenvalue weighted by Gasteiger charge is -2.38. The van der Waals surface area contributed by atoms with Gasteiger partial charge < -0.3 is 10.2 Å². The molecule has 2 aliphatic heterocycles. The smallest absolute Gasteiger partial charge is 0.268 e. The second kappa shape index (κ2) is 15.8. The van der Waals surface area contributed by atoms with Crippen molar-refractivity contribution in [3.05, 3.63) is 83.6 Å². The normalized spacial score (nSPS) is 24.7. The van der Waals surface area contributed by atoms with Gasteiger partial charge in [0.05, 0.1) is 41.6 Å².